The van der Waals surface area contributed by atoms with Crippen molar-refractivity contribution in [2.24, 2.45) is 0 Å². The molecule has 1 fully saturated rings. The van der Waals surface area contributed by atoms with E-state index < -0.39 is 4.92 Å². The van der Waals surface area contributed by atoms with Gasteiger partial charge in [-0.3, -0.25) is 10.1 Å². The number of hydrogen-bond acceptors (Lipinski definition) is 9. The number of nitro groups is 1. The van der Waals surface area contributed by atoms with Crippen molar-refractivity contribution in [3.8, 4) is 45.0 Å². The number of ether oxygens (including phenoxy) is 2. The molecule has 0 aliphatic carbocycles. The van der Waals surface area contributed by atoms with Crippen LogP contribution in [-0.4, -0.2) is 51.3 Å². The van der Waals surface area contributed by atoms with Gasteiger partial charge < -0.3 is 15.2 Å². The molecule has 0 amide bonds. The van der Waals surface area contributed by atoms with Gasteiger partial charge in [0.2, 0.25) is 0 Å². The summed E-state index contributed by atoms with van der Waals surface area (Å²) in [6.07, 6.45) is 0. The average molecular weight is 769 g/mol. The number of nitrogens with two attached hydrogens (primary N) is 1. The predicted octanol–water partition coefficient (Wildman–Crippen LogP) is 10.7. The van der Waals surface area contributed by atoms with Crippen LogP contribution in [-0.2, 0) is 9.47 Å². The minimum atomic E-state index is -0.415. The number of anilines is 1. The number of hydrogen-bond donors (Lipinski definition) is 1. The highest BCUT2D eigenvalue weighted by atomic mass is 16.6. The van der Waals surface area contributed by atoms with Crippen LogP contribution in [0.2, 0.25) is 0 Å². The lowest BCUT2D eigenvalue weighted by Crippen LogP contribution is -2.16. The third-order valence-electron chi connectivity index (χ3n) is 9.64. The van der Waals surface area contributed by atoms with E-state index in [0.29, 0.717) is 28.1 Å². The molecular weight excluding hydrogens is 725 g/mol. The van der Waals surface area contributed by atoms with Crippen LogP contribution in [0.15, 0.2) is 133 Å². The molecule has 290 valence electrons. The molecule has 1 aliphatic heterocycles. The molecule has 10 heteroatoms. The van der Waals surface area contributed by atoms with E-state index in [0.717, 1.165) is 82.2 Å². The highest BCUT2D eigenvalue weighted by Gasteiger charge is 2.19. The van der Waals surface area contributed by atoms with E-state index in [4.69, 9.17) is 35.1 Å². The molecule has 0 bridgehead atoms. The summed E-state index contributed by atoms with van der Waals surface area (Å²) in [6.45, 7) is 11.3. The van der Waals surface area contributed by atoms with Crippen molar-refractivity contribution < 1.29 is 14.4 Å². The number of nitrogen functional groups attached to an aromatic ring is 1. The molecule has 0 radical (unpaired) electrons. The van der Waals surface area contributed by atoms with E-state index in [2.05, 4.69) is 62.4 Å². The largest absolute Gasteiger partial charge is 0.397 e. The maximum Gasteiger partial charge on any atom is 0.297 e. The van der Waals surface area contributed by atoms with E-state index >= 15 is 0 Å². The lowest BCUT2D eigenvalue weighted by Gasteiger charge is -2.12. The first kappa shape index (κ1) is 39.4. The first-order chi connectivity index (χ1) is 28.1. The van der Waals surface area contributed by atoms with Gasteiger partial charge in [-0.05, 0) is 45.9 Å². The molecule has 9 rings (SSSR count). The molecule has 10 nitrogen and oxygen atoms in total. The van der Waals surface area contributed by atoms with Crippen LogP contribution in [0.3, 0.4) is 0 Å². The second-order valence-electron chi connectivity index (χ2n) is 14.1. The summed E-state index contributed by atoms with van der Waals surface area (Å²) in [5, 5.41) is 11.4. The van der Waals surface area contributed by atoms with Crippen molar-refractivity contribution in [3.05, 3.63) is 166 Å². The molecule has 3 heterocycles. The fraction of sp³-hybridized carbons (Fsp3) is 0.167. The van der Waals surface area contributed by atoms with E-state index in [1.165, 1.54) is 17.2 Å². The van der Waals surface area contributed by atoms with E-state index in [-0.39, 0.29) is 5.69 Å². The number of nitrogens with zero attached hydrogens (tertiary/aromatic N) is 5. The topological polar surface area (TPSA) is 139 Å². The van der Waals surface area contributed by atoms with Gasteiger partial charge in [0.1, 0.15) is 5.52 Å². The van der Waals surface area contributed by atoms with Gasteiger partial charge in [-0.2, -0.15) is 0 Å². The molecule has 0 atom stereocenters. The fourth-order valence-corrected chi connectivity index (χ4v) is 6.40. The van der Waals surface area contributed by atoms with Crippen LogP contribution >= 0.6 is 0 Å². The Morgan fingerprint density at radius 2 is 0.793 bits per heavy atom. The summed E-state index contributed by atoms with van der Waals surface area (Å²) in [6, 6.07) is 43.3. The van der Waals surface area contributed by atoms with Gasteiger partial charge in [0.15, 0.2) is 5.52 Å². The molecule has 0 spiro atoms. The Bertz CT molecular complexity index is 2670. The molecule has 8 aromatic rings. The Balaban J connectivity index is 0.000000155. The molecule has 58 heavy (non-hydrogen) atoms. The van der Waals surface area contributed by atoms with Gasteiger partial charge >= 0.3 is 0 Å². The summed E-state index contributed by atoms with van der Waals surface area (Å²) in [5.74, 6) is 0. The number of para-hydroxylation sites is 2. The maximum atomic E-state index is 11.4. The van der Waals surface area contributed by atoms with Crippen LogP contribution in [0.5, 0.6) is 0 Å². The number of nitro benzene ring substituents is 1. The van der Waals surface area contributed by atoms with Crippen LogP contribution in [0.25, 0.3) is 67.1 Å². The highest BCUT2D eigenvalue weighted by molar-refractivity contribution is 5.93. The molecule has 0 unspecified atom stereocenters. The van der Waals surface area contributed by atoms with Gasteiger partial charge in [-0.25, -0.2) is 19.9 Å². The number of fused-ring (bicyclic) bond motifs is 2. The average Bonchev–Trinajstić information content (AvgIpc) is 3.25. The van der Waals surface area contributed by atoms with Crippen molar-refractivity contribution in [3.63, 3.8) is 0 Å². The monoisotopic (exact) mass is 768 g/mol. The number of benzene rings is 6. The predicted molar refractivity (Wildman–Crippen MR) is 232 cm³/mol. The summed E-state index contributed by atoms with van der Waals surface area (Å²) < 4.78 is 9.89. The summed E-state index contributed by atoms with van der Waals surface area (Å²) in [4.78, 5) is 30.2. The Kier molecular flexibility index (Phi) is 12.2. The molecule has 1 aliphatic rings. The minimum absolute atomic E-state index is 0.0381. The van der Waals surface area contributed by atoms with Crippen LogP contribution in [0.4, 0.5) is 11.4 Å². The van der Waals surface area contributed by atoms with Crippen molar-refractivity contribution in [2.75, 3.05) is 32.2 Å². The molecule has 2 aromatic heterocycles. The van der Waals surface area contributed by atoms with Gasteiger partial charge in [0.05, 0.1) is 70.8 Å². The summed E-state index contributed by atoms with van der Waals surface area (Å²) in [7, 11) is 0. The summed E-state index contributed by atoms with van der Waals surface area (Å²) in [5.41, 5.74) is 20.8. The normalized spacial score (nSPS) is 12.3. The Hall–Kier alpha value is -6.88. The van der Waals surface area contributed by atoms with Crippen molar-refractivity contribution in [1.82, 2.24) is 19.9 Å². The zero-order chi connectivity index (χ0) is 40.6. The smallest absolute Gasteiger partial charge is 0.297 e. The third kappa shape index (κ3) is 9.21. The first-order valence-corrected chi connectivity index (χ1v) is 19.1. The number of aromatic nitrogens is 4. The number of non-ortho nitro benzene ring substituents is 1. The Morgan fingerprint density at radius 1 is 0.466 bits per heavy atom. The highest BCUT2D eigenvalue weighted by Crippen LogP contribution is 2.35. The van der Waals surface area contributed by atoms with Crippen molar-refractivity contribution >= 4 is 33.4 Å². The molecular formula is C48H44N6O4. The second kappa shape index (κ2) is 17.9. The quantitative estimate of drug-likeness (QED) is 0.103. The molecule has 6 aromatic carbocycles. The molecule has 2 N–H and O–H groups in total. The summed E-state index contributed by atoms with van der Waals surface area (Å²) >= 11 is 0. The van der Waals surface area contributed by atoms with Crippen molar-refractivity contribution in [2.45, 2.75) is 27.7 Å². The Morgan fingerprint density at radius 3 is 1.16 bits per heavy atom. The minimum Gasteiger partial charge on any atom is -0.397 e. The number of aryl methyl sites for hydroxylation is 4. The van der Waals surface area contributed by atoms with Gasteiger partial charge in [0, 0.05) is 28.3 Å². The zero-order valence-corrected chi connectivity index (χ0v) is 33.0. The zero-order valence-electron chi connectivity index (χ0n) is 33.0. The number of rotatable bonds is 5. The van der Waals surface area contributed by atoms with Crippen LogP contribution in [0.1, 0.15) is 22.3 Å². The van der Waals surface area contributed by atoms with Crippen molar-refractivity contribution in [1.29, 1.82) is 0 Å². The fourth-order valence-electron chi connectivity index (χ4n) is 6.40. The third-order valence-corrected chi connectivity index (χ3v) is 9.64. The maximum absolute atomic E-state index is 11.4. The van der Waals surface area contributed by atoms with E-state index in [1.54, 1.807) is 12.1 Å². The van der Waals surface area contributed by atoms with Crippen LogP contribution < -0.4 is 5.73 Å². The second-order valence-corrected chi connectivity index (χ2v) is 14.1. The first-order valence-electron chi connectivity index (χ1n) is 19.1. The van der Waals surface area contributed by atoms with E-state index in [9.17, 15) is 10.1 Å². The van der Waals surface area contributed by atoms with Crippen LogP contribution in [0, 0.1) is 37.8 Å². The molecule has 1 saturated heterocycles. The molecule has 0 saturated carbocycles. The van der Waals surface area contributed by atoms with Gasteiger partial charge in [0.25, 0.3) is 5.69 Å². The van der Waals surface area contributed by atoms with E-state index in [1.807, 2.05) is 80.6 Å². The Labute approximate surface area is 337 Å². The van der Waals surface area contributed by atoms with Gasteiger partial charge in [-0.1, -0.05) is 131 Å². The standard InChI is InChI=1S/C22H17N3O2.C22H19N3.C4H8O2/c1-14-6-10-16(11-7-14)20-21(17-12-8-15(2)9-13-17)24-22-18(23-20)4-3-5-19(22)25(26)27;1-14-6-10-16(11-7-14)20-21(17-12-8-15(2)9-13-17)25-22-18(23)4-3-5-19(22)24-20;1-2-6-4-3-5-1/h3-13H,1-2H3;3-13H,23H2,1-2H3;1-4H2. The lowest BCUT2D eigenvalue weighted by atomic mass is 10.0. The lowest BCUT2D eigenvalue weighted by molar-refractivity contribution is -0.383. The SMILES string of the molecule is C1COCCO1.Cc1ccc(-c2nc3cccc(N)c3nc2-c2ccc(C)cc2)cc1.Cc1ccc(-c2nc3cccc([N+](=O)[O-])c3nc2-c2ccc(C)cc2)cc1. The van der Waals surface area contributed by atoms with Gasteiger partial charge in [-0.15, -0.1) is 0 Å².